The van der Waals surface area contributed by atoms with E-state index in [0.717, 1.165) is 12.6 Å². The predicted octanol–water partition coefficient (Wildman–Crippen LogP) is 0.754. The zero-order valence-corrected chi connectivity index (χ0v) is 7.03. The van der Waals surface area contributed by atoms with Crippen LogP contribution in [0.2, 0.25) is 19.1 Å². The molecular formula is C6H13NOSi. The van der Waals surface area contributed by atoms with Gasteiger partial charge in [-0.05, 0) is 6.04 Å². The molecular weight excluding hydrogens is 130 g/mol. The average molecular weight is 143 g/mol. The van der Waals surface area contributed by atoms with Gasteiger partial charge in [0.25, 0.3) is 0 Å². The number of nitrogens with one attached hydrogen (secondary N) is 1. The summed E-state index contributed by atoms with van der Waals surface area (Å²) in [6.07, 6.45) is 1.74. The molecule has 0 saturated carbocycles. The summed E-state index contributed by atoms with van der Waals surface area (Å²) < 4.78 is 0. The van der Waals surface area contributed by atoms with Crippen LogP contribution in [0.1, 0.15) is 6.42 Å². The van der Waals surface area contributed by atoms with E-state index < -0.39 is 8.07 Å². The van der Waals surface area contributed by atoms with Crippen LogP contribution in [0.3, 0.4) is 0 Å². The summed E-state index contributed by atoms with van der Waals surface area (Å²) in [7, 11) is -0.964. The number of hydrogen-bond acceptors (Lipinski definition) is 1. The molecule has 3 heteroatoms. The maximum absolute atomic E-state index is 10.7. The lowest BCUT2D eigenvalue weighted by Crippen LogP contribution is -2.47. The minimum absolute atomic E-state index is 0.238. The Hall–Kier alpha value is -0.313. The molecule has 9 heavy (non-hydrogen) atoms. The van der Waals surface area contributed by atoms with E-state index in [0.29, 0.717) is 0 Å². The highest BCUT2D eigenvalue weighted by molar-refractivity contribution is 6.78. The van der Waals surface area contributed by atoms with Crippen molar-refractivity contribution >= 4 is 14.0 Å². The second-order valence-electron chi connectivity index (χ2n) is 3.44. The molecule has 2 nitrogen and oxygen atoms in total. The van der Waals surface area contributed by atoms with Crippen LogP contribution in [0, 0.1) is 0 Å². The van der Waals surface area contributed by atoms with E-state index in [2.05, 4.69) is 18.4 Å². The fourth-order valence-electron chi connectivity index (χ4n) is 0.967. The first-order valence-corrected chi connectivity index (χ1v) is 6.78. The Balaban J connectivity index is 2.44. The number of rotatable bonds is 0. The molecule has 0 aliphatic carbocycles. The highest BCUT2D eigenvalue weighted by Gasteiger charge is 2.26. The molecule has 1 N–H and O–H groups in total. The first-order valence-electron chi connectivity index (χ1n) is 3.37. The standard InChI is InChI=1S/C6H13NOSi/c1-9(2)4-3-6(8)7-5-9/h3-5H2,1-2H3,(H,7,8). The minimum atomic E-state index is -0.964. The third kappa shape index (κ3) is 1.82. The summed E-state index contributed by atoms with van der Waals surface area (Å²) in [4.78, 5) is 10.7. The van der Waals surface area contributed by atoms with Gasteiger partial charge in [0.05, 0.1) is 8.07 Å². The normalized spacial score (nSPS) is 25.3. The Bertz CT molecular complexity index is 121. The van der Waals surface area contributed by atoms with E-state index >= 15 is 0 Å². The van der Waals surface area contributed by atoms with Crippen molar-refractivity contribution in [1.29, 1.82) is 0 Å². The molecule has 0 aromatic heterocycles. The van der Waals surface area contributed by atoms with Crippen LogP contribution in [-0.4, -0.2) is 20.1 Å². The van der Waals surface area contributed by atoms with Crippen molar-refractivity contribution in [3.63, 3.8) is 0 Å². The maximum atomic E-state index is 10.7. The van der Waals surface area contributed by atoms with Gasteiger partial charge in [-0.1, -0.05) is 13.1 Å². The molecule has 0 aromatic rings. The smallest absolute Gasteiger partial charge is 0.219 e. The van der Waals surface area contributed by atoms with E-state index in [9.17, 15) is 4.79 Å². The van der Waals surface area contributed by atoms with E-state index in [4.69, 9.17) is 0 Å². The first kappa shape index (κ1) is 6.80. The van der Waals surface area contributed by atoms with Crippen LogP contribution in [0.25, 0.3) is 0 Å². The van der Waals surface area contributed by atoms with Gasteiger partial charge in [-0.15, -0.1) is 0 Å². The summed E-state index contributed by atoms with van der Waals surface area (Å²) >= 11 is 0. The first-order chi connectivity index (χ1) is 4.10. The fourth-order valence-corrected chi connectivity index (χ4v) is 2.72. The molecule has 0 atom stereocenters. The van der Waals surface area contributed by atoms with Gasteiger partial charge < -0.3 is 5.32 Å². The Labute approximate surface area is 56.7 Å². The number of hydrogen-bond donors (Lipinski definition) is 1. The lowest BCUT2D eigenvalue weighted by atomic mass is 10.4. The summed E-state index contributed by atoms with van der Waals surface area (Å²) in [5.74, 6) is 0.238. The van der Waals surface area contributed by atoms with Crippen molar-refractivity contribution in [1.82, 2.24) is 5.32 Å². The van der Waals surface area contributed by atoms with Gasteiger partial charge in [0.1, 0.15) is 0 Å². The molecule has 0 bridgehead atoms. The highest BCUT2D eigenvalue weighted by Crippen LogP contribution is 2.14. The van der Waals surface area contributed by atoms with Crippen LogP contribution >= 0.6 is 0 Å². The molecule has 1 aliphatic heterocycles. The molecule has 1 saturated heterocycles. The van der Waals surface area contributed by atoms with E-state index in [1.54, 1.807) is 0 Å². The Morgan fingerprint density at radius 3 is 2.56 bits per heavy atom. The van der Waals surface area contributed by atoms with Gasteiger partial charge in [0.15, 0.2) is 0 Å². The lowest BCUT2D eigenvalue weighted by Gasteiger charge is -2.26. The van der Waals surface area contributed by atoms with E-state index in [1.165, 1.54) is 6.04 Å². The molecule has 0 aromatic carbocycles. The van der Waals surface area contributed by atoms with Crippen molar-refractivity contribution < 1.29 is 4.79 Å². The molecule has 1 aliphatic rings. The molecule has 1 fully saturated rings. The summed E-state index contributed by atoms with van der Waals surface area (Å²) in [6, 6.07) is 1.17. The SMILES string of the molecule is C[Si]1(C)CCC(=O)NC1. The highest BCUT2D eigenvalue weighted by atomic mass is 28.3. The largest absolute Gasteiger partial charge is 0.359 e. The summed E-state index contributed by atoms with van der Waals surface area (Å²) in [5.41, 5.74) is 0. The molecule has 1 amide bonds. The van der Waals surface area contributed by atoms with E-state index in [-0.39, 0.29) is 5.91 Å². The van der Waals surface area contributed by atoms with E-state index in [1.807, 2.05) is 0 Å². The topological polar surface area (TPSA) is 29.1 Å². The molecule has 1 rings (SSSR count). The van der Waals surface area contributed by atoms with Gasteiger partial charge in [-0.3, -0.25) is 4.79 Å². The number of carbonyl (C=O) groups excluding carboxylic acids is 1. The average Bonchev–Trinajstić information content (AvgIpc) is 1.78. The minimum Gasteiger partial charge on any atom is -0.359 e. The van der Waals surface area contributed by atoms with Crippen molar-refractivity contribution in [2.75, 3.05) is 6.17 Å². The van der Waals surface area contributed by atoms with Crippen LogP contribution in [0.5, 0.6) is 0 Å². The van der Waals surface area contributed by atoms with Gasteiger partial charge in [-0.2, -0.15) is 0 Å². The summed E-state index contributed by atoms with van der Waals surface area (Å²) in [5, 5.41) is 2.90. The second kappa shape index (κ2) is 2.14. The number of carbonyl (C=O) groups is 1. The van der Waals surface area contributed by atoms with Crippen LogP contribution in [0.15, 0.2) is 0 Å². The second-order valence-corrected chi connectivity index (χ2v) is 8.62. The van der Waals surface area contributed by atoms with Crippen molar-refractivity contribution in [2.24, 2.45) is 0 Å². The van der Waals surface area contributed by atoms with Crippen molar-refractivity contribution in [3.8, 4) is 0 Å². The number of amides is 1. The molecule has 0 radical (unpaired) electrons. The zero-order chi connectivity index (χ0) is 6.91. The quantitative estimate of drug-likeness (QED) is 0.498. The van der Waals surface area contributed by atoms with Gasteiger partial charge >= 0.3 is 0 Å². The Morgan fingerprint density at radius 2 is 2.22 bits per heavy atom. The fraction of sp³-hybridized carbons (Fsp3) is 0.833. The van der Waals surface area contributed by atoms with Gasteiger partial charge in [-0.25, -0.2) is 0 Å². The van der Waals surface area contributed by atoms with Crippen molar-refractivity contribution in [3.05, 3.63) is 0 Å². The molecule has 0 spiro atoms. The maximum Gasteiger partial charge on any atom is 0.219 e. The van der Waals surface area contributed by atoms with Gasteiger partial charge in [0.2, 0.25) is 5.91 Å². The molecule has 52 valence electrons. The van der Waals surface area contributed by atoms with Crippen LogP contribution in [0.4, 0.5) is 0 Å². The molecule has 1 heterocycles. The van der Waals surface area contributed by atoms with Gasteiger partial charge in [0, 0.05) is 12.6 Å². The van der Waals surface area contributed by atoms with Crippen molar-refractivity contribution in [2.45, 2.75) is 25.6 Å². The Morgan fingerprint density at radius 1 is 1.56 bits per heavy atom. The Kier molecular flexibility index (Phi) is 1.61. The predicted molar refractivity (Wildman–Crippen MR) is 39.9 cm³/mol. The lowest BCUT2D eigenvalue weighted by molar-refractivity contribution is -0.120. The van der Waals surface area contributed by atoms with Crippen LogP contribution < -0.4 is 5.32 Å². The zero-order valence-electron chi connectivity index (χ0n) is 6.03. The summed E-state index contributed by atoms with van der Waals surface area (Å²) in [6.45, 7) is 4.62. The van der Waals surface area contributed by atoms with Crippen LogP contribution in [-0.2, 0) is 4.79 Å². The third-order valence-corrected chi connectivity index (χ3v) is 4.53. The monoisotopic (exact) mass is 143 g/mol. The molecule has 0 unspecified atom stereocenters. The third-order valence-electron chi connectivity index (χ3n) is 1.79.